The normalized spacial score (nSPS) is 17.8. The summed E-state index contributed by atoms with van der Waals surface area (Å²) in [5.41, 5.74) is 0.373. The van der Waals surface area contributed by atoms with E-state index < -0.39 is 20.5 Å². The molecule has 0 bridgehead atoms. The minimum atomic E-state index is -3.42. The summed E-state index contributed by atoms with van der Waals surface area (Å²) < 4.78 is 22.8. The van der Waals surface area contributed by atoms with Crippen LogP contribution < -0.4 is 5.32 Å². The molecular weight excluding hydrogens is 280 g/mol. The molecule has 0 amide bonds. The fraction of sp³-hybridized carbons (Fsp3) is 0.200. The molecule has 18 heavy (non-hydrogen) atoms. The topological polar surface area (TPSA) is 89.3 Å². The maximum absolute atomic E-state index is 11.4. The van der Waals surface area contributed by atoms with E-state index in [0.717, 1.165) is 0 Å². The number of benzene rings is 1. The number of halogens is 1. The first kappa shape index (κ1) is 12.8. The molecule has 1 aliphatic heterocycles. The highest BCUT2D eigenvalue weighted by Crippen LogP contribution is 2.23. The van der Waals surface area contributed by atoms with Crippen LogP contribution in [0.25, 0.3) is 0 Å². The number of nitro groups is 1. The fourth-order valence-electron chi connectivity index (χ4n) is 1.63. The molecule has 0 spiro atoms. The summed E-state index contributed by atoms with van der Waals surface area (Å²) >= 11 is 5.71. The van der Waals surface area contributed by atoms with Crippen LogP contribution in [0.1, 0.15) is 0 Å². The summed E-state index contributed by atoms with van der Waals surface area (Å²) in [6.45, 7) is 0. The van der Waals surface area contributed by atoms with Crippen molar-refractivity contribution in [3.05, 3.63) is 50.8 Å². The van der Waals surface area contributed by atoms with Crippen molar-refractivity contribution >= 4 is 27.1 Å². The summed E-state index contributed by atoms with van der Waals surface area (Å²) in [7, 11) is -3.42. The van der Waals surface area contributed by atoms with Gasteiger partial charge in [0.1, 0.15) is 11.4 Å². The summed E-state index contributed by atoms with van der Waals surface area (Å²) in [5, 5.41) is 14.1. The Kier molecular flexibility index (Phi) is 3.27. The first-order chi connectivity index (χ1) is 8.37. The predicted molar refractivity (Wildman–Crippen MR) is 67.7 cm³/mol. The van der Waals surface area contributed by atoms with Crippen molar-refractivity contribution in [3.8, 4) is 0 Å². The summed E-state index contributed by atoms with van der Waals surface area (Å²) in [4.78, 5) is 10.1. The zero-order valence-corrected chi connectivity index (χ0v) is 10.7. The average Bonchev–Trinajstić information content (AvgIpc) is 2.57. The van der Waals surface area contributed by atoms with Crippen LogP contribution in [0.5, 0.6) is 0 Å². The molecule has 1 aromatic rings. The van der Waals surface area contributed by atoms with E-state index >= 15 is 0 Å². The van der Waals surface area contributed by atoms with Crippen molar-refractivity contribution in [2.24, 2.45) is 0 Å². The highest BCUT2D eigenvalue weighted by molar-refractivity contribution is 7.92. The van der Waals surface area contributed by atoms with Gasteiger partial charge in [0, 0.05) is 10.7 Å². The van der Waals surface area contributed by atoms with E-state index in [9.17, 15) is 18.5 Å². The molecule has 8 heteroatoms. The van der Waals surface area contributed by atoms with Gasteiger partial charge in [-0.15, -0.1) is 0 Å². The molecule has 0 aromatic heterocycles. The van der Waals surface area contributed by atoms with Gasteiger partial charge in [-0.05, 0) is 24.3 Å². The van der Waals surface area contributed by atoms with E-state index in [-0.39, 0.29) is 17.1 Å². The van der Waals surface area contributed by atoms with Crippen molar-refractivity contribution in [2.75, 3.05) is 16.8 Å². The minimum Gasteiger partial charge on any atom is -0.353 e. The summed E-state index contributed by atoms with van der Waals surface area (Å²) in [5.74, 6) is -0.873. The molecule has 0 atom stereocenters. The summed E-state index contributed by atoms with van der Waals surface area (Å²) in [6, 6.07) is 6.47. The van der Waals surface area contributed by atoms with E-state index in [2.05, 4.69) is 5.32 Å². The van der Waals surface area contributed by atoms with Crippen LogP contribution in [-0.2, 0) is 9.84 Å². The standard InChI is InChI=1S/C10H9ClN2O4S/c11-7-1-3-8(4-2-7)12-9-5-18(16,17)6-10(9)13(14)15/h1-4,12H,5-6H2. The fourth-order valence-corrected chi connectivity index (χ4v) is 3.23. The van der Waals surface area contributed by atoms with Crippen LogP contribution in [0.15, 0.2) is 35.7 Å². The Morgan fingerprint density at radius 3 is 2.39 bits per heavy atom. The lowest BCUT2D eigenvalue weighted by molar-refractivity contribution is -0.424. The molecule has 2 rings (SSSR count). The number of nitrogens with one attached hydrogen (secondary N) is 1. The van der Waals surface area contributed by atoms with Crippen molar-refractivity contribution < 1.29 is 13.3 Å². The zero-order chi connectivity index (χ0) is 13.3. The van der Waals surface area contributed by atoms with Gasteiger partial charge in [-0.25, -0.2) is 8.42 Å². The zero-order valence-electron chi connectivity index (χ0n) is 9.09. The molecule has 1 N–H and O–H groups in total. The Hall–Kier alpha value is -1.60. The van der Waals surface area contributed by atoms with E-state index in [1.54, 1.807) is 24.3 Å². The van der Waals surface area contributed by atoms with Crippen LogP contribution in [0, 0.1) is 10.1 Å². The molecule has 0 fully saturated rings. The predicted octanol–water partition coefficient (Wildman–Crippen LogP) is 1.67. The van der Waals surface area contributed by atoms with Crippen molar-refractivity contribution in [1.29, 1.82) is 0 Å². The SMILES string of the molecule is O=[N+]([O-])C1=C(Nc2ccc(Cl)cc2)CS(=O)(=O)C1. The van der Waals surface area contributed by atoms with Gasteiger partial charge in [-0.1, -0.05) is 11.6 Å². The highest BCUT2D eigenvalue weighted by atomic mass is 35.5. The van der Waals surface area contributed by atoms with Gasteiger partial charge in [0.05, 0.1) is 10.7 Å². The molecule has 1 aliphatic rings. The lowest BCUT2D eigenvalue weighted by atomic mass is 10.3. The molecule has 0 saturated heterocycles. The average molecular weight is 289 g/mol. The molecule has 1 heterocycles. The van der Waals surface area contributed by atoms with Gasteiger partial charge in [-0.3, -0.25) is 10.1 Å². The number of nitrogens with zero attached hydrogens (tertiary/aromatic N) is 1. The van der Waals surface area contributed by atoms with Gasteiger partial charge >= 0.3 is 0 Å². The third-order valence-corrected chi connectivity index (χ3v) is 4.12. The Balaban J connectivity index is 2.28. The van der Waals surface area contributed by atoms with Crippen LogP contribution in [0.3, 0.4) is 0 Å². The quantitative estimate of drug-likeness (QED) is 0.675. The highest BCUT2D eigenvalue weighted by Gasteiger charge is 2.35. The monoisotopic (exact) mass is 288 g/mol. The third kappa shape index (κ3) is 2.80. The number of rotatable bonds is 3. The lowest BCUT2D eigenvalue weighted by Crippen LogP contribution is -2.07. The van der Waals surface area contributed by atoms with Crippen molar-refractivity contribution in [2.45, 2.75) is 0 Å². The smallest absolute Gasteiger partial charge is 0.281 e. The Bertz CT molecular complexity index is 622. The van der Waals surface area contributed by atoms with Crippen LogP contribution in [0.2, 0.25) is 5.02 Å². The first-order valence-corrected chi connectivity index (χ1v) is 7.17. The number of sulfone groups is 1. The Labute approximate surface area is 108 Å². The number of hydrogen-bond acceptors (Lipinski definition) is 5. The van der Waals surface area contributed by atoms with Gasteiger partial charge in [-0.2, -0.15) is 0 Å². The van der Waals surface area contributed by atoms with E-state index in [0.29, 0.717) is 10.7 Å². The molecule has 1 aromatic carbocycles. The van der Waals surface area contributed by atoms with Gasteiger partial charge in [0.25, 0.3) is 5.70 Å². The maximum atomic E-state index is 11.4. The van der Waals surface area contributed by atoms with E-state index in [1.165, 1.54) is 0 Å². The molecule has 0 saturated carbocycles. The van der Waals surface area contributed by atoms with Crippen LogP contribution >= 0.6 is 11.6 Å². The number of hydrogen-bond donors (Lipinski definition) is 1. The van der Waals surface area contributed by atoms with E-state index in [1.807, 2.05) is 0 Å². The van der Waals surface area contributed by atoms with Gasteiger partial charge in [0.15, 0.2) is 9.84 Å². The third-order valence-electron chi connectivity index (χ3n) is 2.43. The Morgan fingerprint density at radius 1 is 1.22 bits per heavy atom. The second-order valence-electron chi connectivity index (χ2n) is 3.85. The number of anilines is 1. The van der Waals surface area contributed by atoms with Gasteiger partial charge in [0.2, 0.25) is 0 Å². The van der Waals surface area contributed by atoms with E-state index in [4.69, 9.17) is 11.6 Å². The molecule has 0 aliphatic carbocycles. The second kappa shape index (κ2) is 4.58. The minimum absolute atomic E-state index is 0.113. The molecule has 96 valence electrons. The second-order valence-corrected chi connectivity index (χ2v) is 6.35. The maximum Gasteiger partial charge on any atom is 0.281 e. The molecular formula is C10H9ClN2O4S. The largest absolute Gasteiger partial charge is 0.353 e. The lowest BCUT2D eigenvalue weighted by Gasteiger charge is -2.05. The molecule has 6 nitrogen and oxygen atoms in total. The van der Waals surface area contributed by atoms with Gasteiger partial charge < -0.3 is 5.32 Å². The van der Waals surface area contributed by atoms with Crippen LogP contribution in [0.4, 0.5) is 5.69 Å². The van der Waals surface area contributed by atoms with Crippen molar-refractivity contribution in [3.63, 3.8) is 0 Å². The first-order valence-electron chi connectivity index (χ1n) is 4.97. The van der Waals surface area contributed by atoms with Crippen molar-refractivity contribution in [1.82, 2.24) is 0 Å². The van der Waals surface area contributed by atoms with Crippen LogP contribution in [-0.4, -0.2) is 24.8 Å². The molecule has 0 unspecified atom stereocenters. The summed E-state index contributed by atoms with van der Waals surface area (Å²) in [6.07, 6.45) is 0. The Morgan fingerprint density at radius 2 is 1.83 bits per heavy atom. The molecule has 0 radical (unpaired) electrons.